The van der Waals surface area contributed by atoms with Crippen LogP contribution in [0.25, 0.3) is 10.4 Å². The van der Waals surface area contributed by atoms with Crippen LogP contribution in [0.3, 0.4) is 0 Å². The maximum Gasteiger partial charge on any atom is 0.243 e. The van der Waals surface area contributed by atoms with E-state index in [0.29, 0.717) is 6.42 Å². The van der Waals surface area contributed by atoms with Gasteiger partial charge >= 0.3 is 0 Å². The number of β-amino-alcohol motifs (C(OH)–C–C–N with tert-alkyl or cyclic N) is 1. The number of benzene rings is 1. The number of aliphatic hydroxyl groups is 1. The standard InChI is InChI=1S/C24H32N4O3S/c1-14(2)9-22(30)28-12-17(29)11-21(28)24(31)27-19-5-4-8-25-20-10-16(6-7-18(19)20)23-15(3)26-13-32-23/h6-7,10,13-14,17,19,21,25,29H,4-5,8-9,11-12H2,1-3H3,(H,27,31)/t17-,19-,21+/m1/s1. The summed E-state index contributed by atoms with van der Waals surface area (Å²) in [5.74, 6) is -0.0387. The molecule has 8 heteroatoms. The molecule has 2 aromatic rings. The maximum absolute atomic E-state index is 13.2. The highest BCUT2D eigenvalue weighted by molar-refractivity contribution is 7.13. The second-order valence-electron chi connectivity index (χ2n) is 9.25. The van der Waals surface area contributed by atoms with E-state index in [2.05, 4.69) is 33.8 Å². The van der Waals surface area contributed by atoms with Crippen LogP contribution in [0.5, 0.6) is 0 Å². The number of likely N-dealkylation sites (tertiary alicyclic amines) is 1. The molecule has 2 aliphatic heterocycles. The number of hydrogen-bond donors (Lipinski definition) is 3. The van der Waals surface area contributed by atoms with Crippen LogP contribution in [0, 0.1) is 12.8 Å². The number of aromatic nitrogens is 1. The van der Waals surface area contributed by atoms with Gasteiger partial charge in [-0.1, -0.05) is 26.0 Å². The van der Waals surface area contributed by atoms with Gasteiger partial charge in [0.05, 0.1) is 28.2 Å². The van der Waals surface area contributed by atoms with Crippen molar-refractivity contribution >= 4 is 28.8 Å². The third-order valence-electron chi connectivity index (χ3n) is 6.22. The van der Waals surface area contributed by atoms with Gasteiger partial charge in [0, 0.05) is 31.6 Å². The number of anilines is 1. The summed E-state index contributed by atoms with van der Waals surface area (Å²) in [4.78, 5) is 33.0. The van der Waals surface area contributed by atoms with Crippen molar-refractivity contribution in [3.63, 3.8) is 0 Å². The lowest BCUT2D eigenvalue weighted by Gasteiger charge is -2.27. The molecule has 1 fully saturated rings. The number of fused-ring (bicyclic) bond motifs is 1. The first-order valence-corrected chi connectivity index (χ1v) is 12.3. The number of nitrogens with zero attached hydrogens (tertiary/aromatic N) is 2. The van der Waals surface area contributed by atoms with E-state index in [1.54, 1.807) is 16.2 Å². The molecule has 32 heavy (non-hydrogen) atoms. The van der Waals surface area contributed by atoms with Gasteiger partial charge in [0.1, 0.15) is 6.04 Å². The predicted molar refractivity (Wildman–Crippen MR) is 126 cm³/mol. The molecule has 3 heterocycles. The molecule has 2 aliphatic rings. The fourth-order valence-corrected chi connectivity index (χ4v) is 5.44. The minimum absolute atomic E-state index is 0.0656. The van der Waals surface area contributed by atoms with Crippen molar-refractivity contribution in [1.29, 1.82) is 0 Å². The first-order valence-electron chi connectivity index (χ1n) is 11.4. The third-order valence-corrected chi connectivity index (χ3v) is 7.20. The zero-order valence-electron chi connectivity index (χ0n) is 18.9. The Kier molecular flexibility index (Phi) is 6.81. The maximum atomic E-state index is 13.2. The van der Waals surface area contributed by atoms with Gasteiger partial charge in [0.15, 0.2) is 0 Å². The van der Waals surface area contributed by atoms with Crippen LogP contribution >= 0.6 is 11.3 Å². The van der Waals surface area contributed by atoms with Crippen molar-refractivity contribution in [1.82, 2.24) is 15.2 Å². The minimum Gasteiger partial charge on any atom is -0.391 e. The summed E-state index contributed by atoms with van der Waals surface area (Å²) in [6, 6.07) is 5.55. The fraction of sp³-hybridized carbons (Fsp3) is 0.542. The zero-order valence-corrected chi connectivity index (χ0v) is 19.7. The summed E-state index contributed by atoms with van der Waals surface area (Å²) in [6.07, 6.45) is 1.76. The molecule has 0 bridgehead atoms. The highest BCUT2D eigenvalue weighted by Crippen LogP contribution is 2.36. The predicted octanol–water partition coefficient (Wildman–Crippen LogP) is 3.49. The lowest BCUT2D eigenvalue weighted by atomic mass is 9.98. The molecule has 172 valence electrons. The van der Waals surface area contributed by atoms with Crippen molar-refractivity contribution in [2.75, 3.05) is 18.4 Å². The molecule has 3 atom stereocenters. The van der Waals surface area contributed by atoms with Gasteiger partial charge in [-0.25, -0.2) is 4.98 Å². The summed E-state index contributed by atoms with van der Waals surface area (Å²) < 4.78 is 0. The highest BCUT2D eigenvalue weighted by atomic mass is 32.1. The van der Waals surface area contributed by atoms with Crippen molar-refractivity contribution < 1.29 is 14.7 Å². The fourth-order valence-electron chi connectivity index (χ4n) is 4.64. The molecule has 0 radical (unpaired) electrons. The van der Waals surface area contributed by atoms with Gasteiger partial charge in [0.2, 0.25) is 11.8 Å². The van der Waals surface area contributed by atoms with Crippen LogP contribution in [0.4, 0.5) is 5.69 Å². The Balaban J connectivity index is 1.53. The van der Waals surface area contributed by atoms with E-state index in [4.69, 9.17) is 0 Å². The Morgan fingerprint density at radius 3 is 2.91 bits per heavy atom. The Hall–Kier alpha value is -2.45. The number of carbonyl (C=O) groups excluding carboxylic acids is 2. The van der Waals surface area contributed by atoms with Crippen molar-refractivity contribution in [2.24, 2.45) is 5.92 Å². The second kappa shape index (κ2) is 9.58. The normalized spacial score (nSPS) is 22.9. The highest BCUT2D eigenvalue weighted by Gasteiger charge is 2.39. The number of nitrogens with one attached hydrogen (secondary N) is 2. The smallest absolute Gasteiger partial charge is 0.243 e. The van der Waals surface area contributed by atoms with Crippen LogP contribution in [0.2, 0.25) is 0 Å². The Morgan fingerprint density at radius 1 is 1.38 bits per heavy atom. The summed E-state index contributed by atoms with van der Waals surface area (Å²) >= 11 is 1.62. The summed E-state index contributed by atoms with van der Waals surface area (Å²) in [5, 5.41) is 16.9. The molecular formula is C24H32N4O3S. The van der Waals surface area contributed by atoms with E-state index in [0.717, 1.165) is 46.8 Å². The first kappa shape index (κ1) is 22.7. The van der Waals surface area contributed by atoms with Crippen LogP contribution in [-0.2, 0) is 9.59 Å². The van der Waals surface area contributed by atoms with Gasteiger partial charge in [-0.15, -0.1) is 11.3 Å². The zero-order chi connectivity index (χ0) is 22.8. The number of amides is 2. The summed E-state index contributed by atoms with van der Waals surface area (Å²) in [7, 11) is 0. The number of thiazole rings is 1. The monoisotopic (exact) mass is 456 g/mol. The van der Waals surface area contributed by atoms with E-state index in [-0.39, 0.29) is 36.7 Å². The summed E-state index contributed by atoms with van der Waals surface area (Å²) in [5.41, 5.74) is 6.07. The van der Waals surface area contributed by atoms with E-state index >= 15 is 0 Å². The van der Waals surface area contributed by atoms with Crippen LogP contribution in [0.1, 0.15) is 56.8 Å². The molecule has 1 saturated heterocycles. The minimum atomic E-state index is -0.657. The van der Waals surface area contributed by atoms with E-state index in [1.165, 1.54) is 0 Å². The van der Waals surface area contributed by atoms with Crippen LogP contribution in [-0.4, -0.2) is 52.0 Å². The largest absolute Gasteiger partial charge is 0.391 e. The van der Waals surface area contributed by atoms with Gasteiger partial charge in [-0.05, 0) is 42.9 Å². The van der Waals surface area contributed by atoms with E-state index in [1.807, 2.05) is 26.3 Å². The van der Waals surface area contributed by atoms with E-state index in [9.17, 15) is 14.7 Å². The number of carbonyl (C=O) groups is 2. The number of hydrogen-bond acceptors (Lipinski definition) is 6. The molecule has 0 aliphatic carbocycles. The van der Waals surface area contributed by atoms with Gasteiger partial charge in [0.25, 0.3) is 0 Å². The van der Waals surface area contributed by atoms with Crippen molar-refractivity contribution in [2.45, 2.75) is 64.6 Å². The van der Waals surface area contributed by atoms with Gasteiger partial charge in [-0.2, -0.15) is 0 Å². The molecule has 2 amide bonds. The molecule has 1 aromatic heterocycles. The topological polar surface area (TPSA) is 94.6 Å². The molecule has 0 spiro atoms. The Bertz CT molecular complexity index is 989. The molecule has 0 saturated carbocycles. The summed E-state index contributed by atoms with van der Waals surface area (Å²) in [6.45, 7) is 7.04. The molecule has 7 nitrogen and oxygen atoms in total. The molecule has 1 aromatic carbocycles. The molecular weight excluding hydrogens is 424 g/mol. The number of aliphatic hydroxyl groups excluding tert-OH is 1. The van der Waals surface area contributed by atoms with Gasteiger partial charge in [-0.3, -0.25) is 9.59 Å². The number of rotatable bonds is 5. The molecule has 3 N–H and O–H groups in total. The van der Waals surface area contributed by atoms with Crippen LogP contribution < -0.4 is 10.6 Å². The van der Waals surface area contributed by atoms with Gasteiger partial charge < -0.3 is 20.6 Å². The second-order valence-corrected chi connectivity index (χ2v) is 10.1. The first-order chi connectivity index (χ1) is 15.3. The average molecular weight is 457 g/mol. The Morgan fingerprint density at radius 2 is 2.19 bits per heavy atom. The van der Waals surface area contributed by atoms with E-state index < -0.39 is 12.1 Å². The lowest BCUT2D eigenvalue weighted by molar-refractivity contribution is -0.139. The third kappa shape index (κ3) is 4.81. The molecule has 0 unspecified atom stereocenters. The Labute approximate surface area is 193 Å². The number of aryl methyl sites for hydroxylation is 1. The quantitative estimate of drug-likeness (QED) is 0.640. The molecule has 4 rings (SSSR count). The van der Waals surface area contributed by atoms with Crippen molar-refractivity contribution in [3.8, 4) is 10.4 Å². The van der Waals surface area contributed by atoms with Crippen molar-refractivity contribution in [3.05, 3.63) is 35.0 Å². The lowest BCUT2D eigenvalue weighted by Crippen LogP contribution is -2.47. The van der Waals surface area contributed by atoms with Crippen LogP contribution in [0.15, 0.2) is 23.7 Å². The average Bonchev–Trinajstić information content (AvgIpc) is 3.29. The SMILES string of the molecule is Cc1ncsc1-c1ccc2c(c1)NCCC[C@H]2NC(=O)[C@@H]1C[C@@H](O)CN1C(=O)CC(C)C.